The van der Waals surface area contributed by atoms with E-state index in [1.165, 1.54) is 33.3 Å². The van der Waals surface area contributed by atoms with E-state index in [9.17, 15) is 14.7 Å². The Labute approximate surface area is 221 Å². The molecule has 1 N–H and O–H groups in total. The minimum atomic E-state index is -0.978. The van der Waals surface area contributed by atoms with Gasteiger partial charge in [0.05, 0.1) is 63.4 Å². The fourth-order valence-electron chi connectivity index (χ4n) is 4.36. The minimum absolute atomic E-state index is 0.0739. The highest BCUT2D eigenvalue weighted by molar-refractivity contribution is 6.46. The number of amides is 1. The molecule has 2 aromatic carbocycles. The van der Waals surface area contributed by atoms with Crippen LogP contribution in [0.15, 0.2) is 29.8 Å². The standard InChI is InChI=1S/C27H32ClNO8/c1-14(2)37-9-8-29-22(16-12-19(33-4)26(36-7)20(13-16)34-5)21(24(31)27(29)32)23(30)17-10-15(3)11-18(28)25(17)35-6/h10-14,22,30H,8-9H2,1-7H3/b23-21+. The Balaban J connectivity index is 2.30. The normalized spacial score (nSPS) is 16.9. The number of aryl methyl sites for hydroxylation is 1. The van der Waals surface area contributed by atoms with Crippen LogP contribution in [0.2, 0.25) is 5.02 Å². The van der Waals surface area contributed by atoms with Crippen molar-refractivity contribution < 1.29 is 38.4 Å². The van der Waals surface area contributed by atoms with E-state index in [0.717, 1.165) is 5.56 Å². The van der Waals surface area contributed by atoms with E-state index in [4.69, 9.17) is 35.3 Å². The zero-order valence-corrected chi connectivity index (χ0v) is 22.8. The summed E-state index contributed by atoms with van der Waals surface area (Å²) in [6.45, 7) is 5.83. The quantitative estimate of drug-likeness (QED) is 0.270. The van der Waals surface area contributed by atoms with Gasteiger partial charge in [-0.15, -0.1) is 0 Å². The van der Waals surface area contributed by atoms with Crippen LogP contribution in [0.5, 0.6) is 23.0 Å². The number of hydrogen-bond acceptors (Lipinski definition) is 8. The van der Waals surface area contributed by atoms with Crippen molar-refractivity contribution >= 4 is 29.1 Å². The molecule has 0 spiro atoms. The van der Waals surface area contributed by atoms with Crippen molar-refractivity contribution in [1.29, 1.82) is 0 Å². The predicted molar refractivity (Wildman–Crippen MR) is 139 cm³/mol. The Morgan fingerprint density at radius 3 is 2.08 bits per heavy atom. The molecule has 10 heteroatoms. The Morgan fingerprint density at radius 2 is 1.57 bits per heavy atom. The maximum absolute atomic E-state index is 13.4. The second-order valence-electron chi connectivity index (χ2n) is 8.70. The highest BCUT2D eigenvalue weighted by Gasteiger charge is 2.47. The summed E-state index contributed by atoms with van der Waals surface area (Å²) in [4.78, 5) is 28.0. The molecule has 1 heterocycles. The van der Waals surface area contributed by atoms with E-state index >= 15 is 0 Å². The number of likely N-dealkylation sites (tertiary alicyclic amines) is 1. The number of ether oxygens (including phenoxy) is 5. The van der Waals surface area contributed by atoms with E-state index in [-0.39, 0.29) is 41.2 Å². The van der Waals surface area contributed by atoms with Crippen LogP contribution in [-0.4, -0.2) is 69.4 Å². The molecule has 200 valence electrons. The SMILES string of the molecule is COc1cc(C2/C(=C(\O)c3cc(C)cc(Cl)c3OC)C(=O)C(=O)N2CCOC(C)C)cc(OC)c1OC. The third kappa shape index (κ3) is 5.47. The molecule has 37 heavy (non-hydrogen) atoms. The van der Waals surface area contributed by atoms with Crippen molar-refractivity contribution in [3.05, 3.63) is 51.6 Å². The predicted octanol–water partition coefficient (Wildman–Crippen LogP) is 4.53. The van der Waals surface area contributed by atoms with E-state index in [0.29, 0.717) is 22.8 Å². The van der Waals surface area contributed by atoms with Crippen molar-refractivity contribution in [3.63, 3.8) is 0 Å². The lowest BCUT2D eigenvalue weighted by molar-refractivity contribution is -0.140. The molecule has 3 rings (SSSR count). The number of carbonyl (C=O) groups is 2. The number of benzene rings is 2. The number of rotatable bonds is 10. The zero-order chi connectivity index (χ0) is 27.4. The summed E-state index contributed by atoms with van der Waals surface area (Å²) >= 11 is 6.36. The van der Waals surface area contributed by atoms with Gasteiger partial charge in [0.1, 0.15) is 11.5 Å². The number of carbonyl (C=O) groups excluding carboxylic acids is 2. The van der Waals surface area contributed by atoms with Gasteiger partial charge >= 0.3 is 0 Å². The summed E-state index contributed by atoms with van der Waals surface area (Å²) in [6, 6.07) is 5.62. The summed E-state index contributed by atoms with van der Waals surface area (Å²) < 4.78 is 27.5. The van der Waals surface area contributed by atoms with Crippen LogP contribution in [-0.2, 0) is 14.3 Å². The van der Waals surface area contributed by atoms with Crippen LogP contribution in [0.3, 0.4) is 0 Å². The zero-order valence-electron chi connectivity index (χ0n) is 22.0. The van der Waals surface area contributed by atoms with Crippen LogP contribution in [0.1, 0.15) is 36.6 Å². The topological polar surface area (TPSA) is 104 Å². The highest BCUT2D eigenvalue weighted by Crippen LogP contribution is 2.46. The summed E-state index contributed by atoms with van der Waals surface area (Å²) in [6.07, 6.45) is -0.0739. The van der Waals surface area contributed by atoms with E-state index in [1.807, 2.05) is 13.8 Å². The number of aliphatic hydroxyl groups is 1. The van der Waals surface area contributed by atoms with Crippen molar-refractivity contribution in [3.8, 4) is 23.0 Å². The Kier molecular flexibility index (Phi) is 8.94. The molecular formula is C27H32ClNO8. The maximum atomic E-state index is 13.4. The summed E-state index contributed by atoms with van der Waals surface area (Å²) in [5.74, 6) is -0.837. The molecule has 2 aromatic rings. The summed E-state index contributed by atoms with van der Waals surface area (Å²) in [5, 5.41) is 11.8. The number of nitrogens with zero attached hydrogens (tertiary/aromatic N) is 1. The third-order valence-electron chi connectivity index (χ3n) is 5.97. The molecule has 0 radical (unpaired) electrons. The fraction of sp³-hybridized carbons (Fsp3) is 0.407. The lowest BCUT2D eigenvalue weighted by atomic mass is 9.94. The van der Waals surface area contributed by atoms with Gasteiger partial charge in [0.2, 0.25) is 5.75 Å². The second kappa shape index (κ2) is 11.7. The molecule has 1 atom stereocenters. The van der Waals surface area contributed by atoms with E-state index < -0.39 is 23.5 Å². The molecule has 1 unspecified atom stereocenters. The summed E-state index contributed by atoms with van der Waals surface area (Å²) in [5.41, 5.74) is 1.28. The first-order valence-electron chi connectivity index (χ1n) is 11.6. The van der Waals surface area contributed by atoms with Gasteiger partial charge < -0.3 is 33.7 Å². The Bertz CT molecular complexity index is 1200. The molecule has 1 amide bonds. The smallest absolute Gasteiger partial charge is 0.295 e. The third-order valence-corrected chi connectivity index (χ3v) is 6.25. The number of Topliss-reactive ketones (excluding diaryl/α,β-unsaturated/α-hetero) is 1. The fourth-order valence-corrected chi connectivity index (χ4v) is 4.71. The first kappa shape index (κ1) is 28.1. The molecule has 9 nitrogen and oxygen atoms in total. The average Bonchev–Trinajstić information content (AvgIpc) is 3.11. The molecular weight excluding hydrogens is 502 g/mol. The molecule has 0 aliphatic carbocycles. The first-order valence-corrected chi connectivity index (χ1v) is 12.0. The first-order chi connectivity index (χ1) is 17.6. The van der Waals surface area contributed by atoms with E-state index in [2.05, 4.69) is 0 Å². The molecule has 0 saturated carbocycles. The molecule has 1 saturated heterocycles. The van der Waals surface area contributed by atoms with Gasteiger partial charge in [-0.25, -0.2) is 0 Å². The number of ketones is 1. The van der Waals surface area contributed by atoms with Crippen molar-refractivity contribution in [1.82, 2.24) is 4.90 Å². The van der Waals surface area contributed by atoms with Crippen LogP contribution in [0, 0.1) is 6.92 Å². The molecule has 0 aromatic heterocycles. The summed E-state index contributed by atoms with van der Waals surface area (Å²) in [7, 11) is 5.82. The van der Waals surface area contributed by atoms with Gasteiger partial charge in [0.15, 0.2) is 11.5 Å². The van der Waals surface area contributed by atoms with Crippen LogP contribution in [0.4, 0.5) is 0 Å². The maximum Gasteiger partial charge on any atom is 0.295 e. The van der Waals surface area contributed by atoms with Gasteiger partial charge in [-0.1, -0.05) is 11.6 Å². The van der Waals surface area contributed by atoms with Crippen LogP contribution in [0.25, 0.3) is 5.76 Å². The Hall–Kier alpha value is -3.43. The average molecular weight is 534 g/mol. The number of hydrogen-bond donors (Lipinski definition) is 1. The van der Waals surface area contributed by atoms with Crippen LogP contribution >= 0.6 is 11.6 Å². The van der Waals surface area contributed by atoms with Gasteiger partial charge in [-0.2, -0.15) is 0 Å². The van der Waals surface area contributed by atoms with Gasteiger partial charge in [-0.05, 0) is 56.2 Å². The van der Waals surface area contributed by atoms with Crippen molar-refractivity contribution in [2.24, 2.45) is 0 Å². The second-order valence-corrected chi connectivity index (χ2v) is 9.11. The highest BCUT2D eigenvalue weighted by atomic mass is 35.5. The number of halogens is 1. The Morgan fingerprint density at radius 1 is 0.973 bits per heavy atom. The number of methoxy groups -OCH3 is 4. The minimum Gasteiger partial charge on any atom is -0.507 e. The lowest BCUT2D eigenvalue weighted by Gasteiger charge is -2.27. The van der Waals surface area contributed by atoms with Crippen molar-refractivity contribution in [2.75, 3.05) is 41.6 Å². The largest absolute Gasteiger partial charge is 0.507 e. The molecule has 0 bridgehead atoms. The molecule has 1 fully saturated rings. The van der Waals surface area contributed by atoms with E-state index in [1.54, 1.807) is 31.2 Å². The van der Waals surface area contributed by atoms with Gasteiger partial charge in [-0.3, -0.25) is 9.59 Å². The molecule has 1 aliphatic rings. The molecule has 1 aliphatic heterocycles. The van der Waals surface area contributed by atoms with Crippen LogP contribution < -0.4 is 18.9 Å². The lowest BCUT2D eigenvalue weighted by Crippen LogP contribution is -2.33. The van der Waals surface area contributed by atoms with Crippen molar-refractivity contribution in [2.45, 2.75) is 32.9 Å². The monoisotopic (exact) mass is 533 g/mol. The van der Waals surface area contributed by atoms with Gasteiger partial charge in [0.25, 0.3) is 11.7 Å². The van der Waals surface area contributed by atoms with Gasteiger partial charge in [0, 0.05) is 6.54 Å². The number of aliphatic hydroxyl groups excluding tert-OH is 1.